The normalized spacial score (nSPS) is 17.4. The molecule has 5 heteroatoms. The topological polar surface area (TPSA) is 78.0 Å². The van der Waals surface area contributed by atoms with Crippen LogP contribution in [0.1, 0.15) is 29.6 Å². The number of rotatable bonds is 3. The highest BCUT2D eigenvalue weighted by Crippen LogP contribution is 2.30. The van der Waals surface area contributed by atoms with E-state index in [9.17, 15) is 9.90 Å². The van der Waals surface area contributed by atoms with E-state index < -0.39 is 5.60 Å². The predicted molar refractivity (Wildman–Crippen MR) is 67.2 cm³/mol. The Balaban J connectivity index is 1.71. The first-order valence-electron chi connectivity index (χ1n) is 6.10. The number of carbonyl (C=O) groups excluding carboxylic acids is 1. The molecule has 1 aliphatic carbocycles. The zero-order chi connectivity index (χ0) is 12.6. The van der Waals surface area contributed by atoms with E-state index in [1.165, 1.54) is 0 Å². The number of hydrogen-bond acceptors (Lipinski definition) is 3. The number of aromatic nitrogens is 2. The van der Waals surface area contributed by atoms with Crippen LogP contribution in [0.4, 0.5) is 0 Å². The zero-order valence-electron chi connectivity index (χ0n) is 9.94. The third-order valence-electron chi connectivity index (χ3n) is 3.57. The van der Waals surface area contributed by atoms with Gasteiger partial charge in [-0.2, -0.15) is 5.10 Å². The number of nitrogens with zero attached hydrogens (tertiary/aromatic N) is 1. The van der Waals surface area contributed by atoms with Crippen molar-refractivity contribution in [1.82, 2.24) is 15.5 Å². The number of hydrogen-bond donors (Lipinski definition) is 3. The summed E-state index contributed by atoms with van der Waals surface area (Å²) in [6.45, 7) is 0.326. The number of nitrogens with one attached hydrogen (secondary N) is 2. The lowest BCUT2D eigenvalue weighted by atomic mass is 9.80. The SMILES string of the molecule is O=C(NCC1(O)CCC1)c1ccc2cn[nH]c2c1. The number of aliphatic hydroxyl groups is 1. The molecule has 1 fully saturated rings. The van der Waals surface area contributed by atoms with Crippen LogP contribution in [0, 0.1) is 0 Å². The second-order valence-electron chi connectivity index (χ2n) is 4.93. The molecule has 5 nitrogen and oxygen atoms in total. The van der Waals surface area contributed by atoms with Crippen molar-refractivity contribution in [3.63, 3.8) is 0 Å². The van der Waals surface area contributed by atoms with Crippen molar-refractivity contribution < 1.29 is 9.90 Å². The second kappa shape index (κ2) is 4.10. The molecule has 0 atom stereocenters. The molecule has 18 heavy (non-hydrogen) atoms. The van der Waals surface area contributed by atoms with E-state index in [0.717, 1.165) is 30.2 Å². The van der Waals surface area contributed by atoms with Crippen molar-refractivity contribution in [3.05, 3.63) is 30.0 Å². The lowest BCUT2D eigenvalue weighted by Gasteiger charge is -2.36. The van der Waals surface area contributed by atoms with Gasteiger partial charge in [0.2, 0.25) is 0 Å². The van der Waals surface area contributed by atoms with Gasteiger partial charge < -0.3 is 10.4 Å². The van der Waals surface area contributed by atoms with Crippen LogP contribution < -0.4 is 5.32 Å². The van der Waals surface area contributed by atoms with E-state index in [2.05, 4.69) is 15.5 Å². The highest BCUT2D eigenvalue weighted by molar-refractivity contribution is 5.97. The third kappa shape index (κ3) is 1.97. The molecule has 1 aromatic carbocycles. The van der Waals surface area contributed by atoms with Crippen LogP contribution in [0.2, 0.25) is 0 Å². The summed E-state index contributed by atoms with van der Waals surface area (Å²) in [5.41, 5.74) is 0.730. The first-order valence-corrected chi connectivity index (χ1v) is 6.10. The molecule has 1 aromatic heterocycles. The standard InChI is InChI=1S/C13H15N3O2/c17-12(14-8-13(18)4-1-5-13)9-2-3-10-7-15-16-11(10)6-9/h2-3,6-7,18H,1,4-5,8H2,(H,14,17)(H,15,16). The van der Waals surface area contributed by atoms with Crippen molar-refractivity contribution in [2.45, 2.75) is 24.9 Å². The smallest absolute Gasteiger partial charge is 0.251 e. The summed E-state index contributed by atoms with van der Waals surface area (Å²) >= 11 is 0. The number of amides is 1. The van der Waals surface area contributed by atoms with Gasteiger partial charge in [0.05, 0.1) is 17.3 Å². The lowest BCUT2D eigenvalue weighted by molar-refractivity contribution is -0.0300. The molecule has 1 amide bonds. The average molecular weight is 245 g/mol. The molecule has 3 rings (SSSR count). The zero-order valence-corrected chi connectivity index (χ0v) is 9.94. The van der Waals surface area contributed by atoms with Crippen LogP contribution in [0.15, 0.2) is 24.4 Å². The van der Waals surface area contributed by atoms with Crippen molar-refractivity contribution in [2.75, 3.05) is 6.54 Å². The van der Waals surface area contributed by atoms with E-state index in [1.54, 1.807) is 18.3 Å². The Labute approximate surface area is 104 Å². The second-order valence-corrected chi connectivity index (χ2v) is 4.93. The van der Waals surface area contributed by atoms with Gasteiger partial charge >= 0.3 is 0 Å². The monoisotopic (exact) mass is 245 g/mol. The molecule has 0 bridgehead atoms. The van der Waals surface area contributed by atoms with Crippen molar-refractivity contribution >= 4 is 16.8 Å². The molecule has 0 saturated heterocycles. The molecule has 1 aliphatic rings. The molecule has 0 unspecified atom stereocenters. The van der Waals surface area contributed by atoms with Crippen LogP contribution in [0.25, 0.3) is 10.9 Å². The molecule has 3 N–H and O–H groups in total. The number of fused-ring (bicyclic) bond motifs is 1. The van der Waals surface area contributed by atoms with Gasteiger partial charge in [0, 0.05) is 17.5 Å². The van der Waals surface area contributed by atoms with Gasteiger partial charge in [-0.3, -0.25) is 9.89 Å². The first kappa shape index (κ1) is 11.2. The molecular weight excluding hydrogens is 230 g/mol. The molecule has 0 aliphatic heterocycles. The molecule has 1 heterocycles. The highest BCUT2D eigenvalue weighted by atomic mass is 16.3. The third-order valence-corrected chi connectivity index (χ3v) is 3.57. The van der Waals surface area contributed by atoms with Crippen LogP contribution >= 0.6 is 0 Å². The van der Waals surface area contributed by atoms with Crippen molar-refractivity contribution in [2.24, 2.45) is 0 Å². The maximum absolute atomic E-state index is 11.9. The quantitative estimate of drug-likeness (QED) is 0.760. The molecule has 94 valence electrons. The molecule has 0 radical (unpaired) electrons. The summed E-state index contributed by atoms with van der Waals surface area (Å²) < 4.78 is 0. The Morgan fingerprint density at radius 1 is 1.50 bits per heavy atom. The number of carbonyl (C=O) groups is 1. The Morgan fingerprint density at radius 3 is 3.06 bits per heavy atom. The van der Waals surface area contributed by atoms with Gasteiger partial charge in [0.25, 0.3) is 5.91 Å². The van der Waals surface area contributed by atoms with Gasteiger partial charge in [-0.05, 0) is 31.4 Å². The predicted octanol–water partition coefficient (Wildman–Crippen LogP) is 1.21. The number of benzene rings is 1. The fourth-order valence-corrected chi connectivity index (χ4v) is 2.19. The fourth-order valence-electron chi connectivity index (χ4n) is 2.19. The van der Waals surface area contributed by atoms with Crippen LogP contribution in [0.3, 0.4) is 0 Å². The van der Waals surface area contributed by atoms with E-state index in [-0.39, 0.29) is 5.91 Å². The summed E-state index contributed by atoms with van der Waals surface area (Å²) in [6.07, 6.45) is 4.29. The van der Waals surface area contributed by atoms with Gasteiger partial charge in [-0.25, -0.2) is 0 Å². The molecular formula is C13H15N3O2. The Kier molecular flexibility index (Phi) is 2.56. The first-order chi connectivity index (χ1) is 8.66. The summed E-state index contributed by atoms with van der Waals surface area (Å²) in [5.74, 6) is -0.160. The van der Waals surface area contributed by atoms with Crippen LogP contribution in [-0.2, 0) is 0 Å². The summed E-state index contributed by atoms with van der Waals surface area (Å²) in [5, 5.41) is 20.4. The van der Waals surface area contributed by atoms with E-state index in [4.69, 9.17) is 0 Å². The van der Waals surface area contributed by atoms with Crippen molar-refractivity contribution in [3.8, 4) is 0 Å². The molecule has 0 spiro atoms. The molecule has 2 aromatic rings. The minimum absolute atomic E-state index is 0.160. The van der Waals surface area contributed by atoms with Gasteiger partial charge in [0.15, 0.2) is 0 Å². The van der Waals surface area contributed by atoms with E-state index in [1.807, 2.05) is 6.07 Å². The van der Waals surface area contributed by atoms with Crippen molar-refractivity contribution in [1.29, 1.82) is 0 Å². The lowest BCUT2D eigenvalue weighted by Crippen LogP contribution is -2.47. The average Bonchev–Trinajstić information content (AvgIpc) is 2.80. The summed E-state index contributed by atoms with van der Waals surface area (Å²) in [4.78, 5) is 11.9. The van der Waals surface area contributed by atoms with Crippen LogP contribution in [-0.4, -0.2) is 33.4 Å². The Hall–Kier alpha value is -1.88. The fraction of sp³-hybridized carbons (Fsp3) is 0.385. The molecule has 1 saturated carbocycles. The van der Waals surface area contributed by atoms with Gasteiger partial charge in [-0.15, -0.1) is 0 Å². The number of aromatic amines is 1. The summed E-state index contributed by atoms with van der Waals surface area (Å²) in [7, 11) is 0. The minimum atomic E-state index is -0.687. The Bertz CT molecular complexity index is 587. The Morgan fingerprint density at radius 2 is 2.33 bits per heavy atom. The maximum Gasteiger partial charge on any atom is 0.251 e. The van der Waals surface area contributed by atoms with Gasteiger partial charge in [-0.1, -0.05) is 6.07 Å². The van der Waals surface area contributed by atoms with Crippen LogP contribution in [0.5, 0.6) is 0 Å². The van der Waals surface area contributed by atoms with E-state index >= 15 is 0 Å². The largest absolute Gasteiger partial charge is 0.388 e. The summed E-state index contributed by atoms with van der Waals surface area (Å²) in [6, 6.07) is 5.38. The highest BCUT2D eigenvalue weighted by Gasteiger charge is 2.34. The maximum atomic E-state index is 11.9. The van der Waals surface area contributed by atoms with E-state index in [0.29, 0.717) is 12.1 Å². The number of H-pyrrole nitrogens is 1. The minimum Gasteiger partial charge on any atom is -0.388 e. The van der Waals surface area contributed by atoms with Gasteiger partial charge in [0.1, 0.15) is 0 Å².